The molecule has 128 heavy (non-hydrogen) atoms. The van der Waals surface area contributed by atoms with Gasteiger partial charge in [-0.3, -0.25) is 0 Å². The number of rotatable bonds is 17. The fourth-order valence-corrected chi connectivity index (χ4v) is 21.2. The molecule has 0 spiro atoms. The zero-order chi connectivity index (χ0) is 86.3. The molecular formula is C118H89FN4O3Si2. The average Bonchev–Trinajstić information content (AvgIpc) is 0.788. The third kappa shape index (κ3) is 14.4. The zero-order valence-corrected chi connectivity index (χ0v) is 73.9. The highest BCUT2D eigenvalue weighted by atomic mass is 28.3. The summed E-state index contributed by atoms with van der Waals surface area (Å²) < 4.78 is 37.9. The Bertz CT molecular complexity index is 7840. The molecular weight excluding hydrogens is 1600 g/mol. The molecule has 0 aliphatic carbocycles. The monoisotopic (exact) mass is 1680 g/mol. The van der Waals surface area contributed by atoms with Gasteiger partial charge in [0.1, 0.15) is 40.0 Å². The third-order valence-corrected chi connectivity index (χ3v) is 29.3. The van der Waals surface area contributed by atoms with Crippen molar-refractivity contribution >= 4 is 160 Å². The maximum absolute atomic E-state index is 17.8. The Morgan fingerprint density at radius 1 is 0.219 bits per heavy atom. The van der Waals surface area contributed by atoms with E-state index in [1.807, 2.05) is 72.8 Å². The van der Waals surface area contributed by atoms with Gasteiger partial charge in [-0.25, -0.2) is 4.39 Å². The largest absolute Gasteiger partial charge is 0.456 e. The van der Waals surface area contributed by atoms with E-state index in [2.05, 4.69) is 411 Å². The first-order valence-electron chi connectivity index (χ1n) is 43.8. The van der Waals surface area contributed by atoms with Crippen molar-refractivity contribution in [1.82, 2.24) is 0 Å². The maximum atomic E-state index is 17.8. The number of furan rings is 1. The molecule has 3 heterocycles. The Morgan fingerprint density at radius 3 is 1.09 bits per heavy atom. The van der Waals surface area contributed by atoms with Crippen LogP contribution in [-0.4, -0.2) is 16.1 Å². The van der Waals surface area contributed by atoms with Gasteiger partial charge in [0.2, 0.25) is 0 Å². The topological polar surface area (TPSA) is 44.6 Å². The van der Waals surface area contributed by atoms with E-state index in [9.17, 15) is 0 Å². The molecule has 0 N–H and O–H groups in total. The van der Waals surface area contributed by atoms with Crippen LogP contribution in [0, 0.1) is 5.82 Å². The lowest BCUT2D eigenvalue weighted by molar-refractivity contribution is 0.487. The van der Waals surface area contributed by atoms with Crippen molar-refractivity contribution in [3.05, 3.63) is 437 Å². The summed E-state index contributed by atoms with van der Waals surface area (Å²) in [6.45, 7) is 14.3. The Hall–Kier alpha value is -15.6. The fourth-order valence-electron chi connectivity index (χ4n) is 18.9. The lowest BCUT2D eigenvalue weighted by Gasteiger charge is -2.31. The Labute approximate surface area is 746 Å². The number of hydrogen-bond donors (Lipinski definition) is 0. The maximum Gasteiger partial charge on any atom is 0.148 e. The molecule has 21 aromatic rings. The van der Waals surface area contributed by atoms with Gasteiger partial charge in [0.15, 0.2) is 0 Å². The standard InChI is InChI=1S/C65H49FN2OSi.C53H40N2O2Si/c1-70(2,3)53-36-33-50(34-37-53)67(49-25-14-7-15-26-49)52-35-38-55-59-39-47-31-32-51(42-57(47)56-28-18-30-62(64(56)59)69-63(55)43-52)68(61-29-17-16-27-54(61)45-21-10-5-11-22-45)65-58(46-23-12-6-13-24-46)40-48(41-60(65)66)44-19-8-4-9-20-44;1-58(2,3)42-27-23-38(24-28-42)54(36-13-6-4-7-14-36)40-26-30-45-48-31-35-21-22-39(32-47(35)46-18-12-20-50(53(46)48)57-52(45)33-40)55(37-15-8-5-9-16-37)41-25-29-44-43-17-10-11-19-49(43)56-51(44)34-41/h4-43H,1-3H3;4-34H,1-3H3. The SMILES string of the molecule is C[Si](C)(C)c1ccc(N(c2ccccc2)c2ccc3c(c2)Oc2cccc4c2c-3cc2ccc(N(c3ccccc3)c3ccc5c(c3)oc3ccccc35)cc24)cc1.C[Si](C)(C)c1ccc(N(c2ccccc2)c2ccc3c(c2)Oc2cccc4c2c-3cc2ccc(N(c3ccccc3-c3ccccc3)c3c(F)cc(-c5ccccc5)cc3-c3ccccc3)cc24)cc1. The van der Waals surface area contributed by atoms with Gasteiger partial charge in [-0.1, -0.05) is 292 Å². The molecule has 614 valence electrons. The van der Waals surface area contributed by atoms with Crippen LogP contribution in [-0.2, 0) is 0 Å². The predicted octanol–water partition coefficient (Wildman–Crippen LogP) is 33.5. The minimum Gasteiger partial charge on any atom is -0.456 e. The van der Waals surface area contributed by atoms with Crippen molar-refractivity contribution in [1.29, 1.82) is 0 Å². The van der Waals surface area contributed by atoms with E-state index in [4.69, 9.17) is 13.9 Å². The van der Waals surface area contributed by atoms with Gasteiger partial charge in [0, 0.05) is 119 Å². The summed E-state index contributed by atoms with van der Waals surface area (Å²) in [5, 5.41) is 14.0. The van der Waals surface area contributed by atoms with E-state index < -0.39 is 16.1 Å². The predicted molar refractivity (Wildman–Crippen MR) is 542 cm³/mol. The van der Waals surface area contributed by atoms with E-state index in [1.54, 1.807) is 6.07 Å². The molecule has 0 amide bonds. The van der Waals surface area contributed by atoms with Crippen LogP contribution >= 0.6 is 0 Å². The fraction of sp³-hybridized carbons (Fsp3) is 0.0508. The Balaban J connectivity index is 0.000000153. The van der Waals surface area contributed by atoms with E-state index in [0.717, 1.165) is 190 Å². The van der Waals surface area contributed by atoms with Gasteiger partial charge in [-0.2, -0.15) is 0 Å². The van der Waals surface area contributed by atoms with Gasteiger partial charge in [0.25, 0.3) is 0 Å². The number of para-hydroxylation sites is 5. The van der Waals surface area contributed by atoms with Gasteiger partial charge in [0.05, 0.1) is 27.5 Å². The van der Waals surface area contributed by atoms with Crippen LogP contribution in [0.3, 0.4) is 0 Å². The first-order chi connectivity index (χ1) is 62.6. The van der Waals surface area contributed by atoms with Crippen LogP contribution in [0.4, 0.5) is 72.6 Å². The molecule has 2 aliphatic heterocycles. The summed E-state index contributed by atoms with van der Waals surface area (Å²) in [5.41, 5.74) is 23.5. The number of fused-ring (bicyclic) bond motifs is 11. The first kappa shape index (κ1) is 78.4. The van der Waals surface area contributed by atoms with Crippen molar-refractivity contribution in [3.63, 3.8) is 0 Å². The number of hydrogen-bond acceptors (Lipinski definition) is 7. The van der Waals surface area contributed by atoms with Crippen molar-refractivity contribution in [2.75, 3.05) is 19.6 Å². The van der Waals surface area contributed by atoms with Gasteiger partial charge in [-0.05, 0) is 236 Å². The molecule has 7 nitrogen and oxygen atoms in total. The van der Waals surface area contributed by atoms with Gasteiger partial charge < -0.3 is 33.5 Å². The zero-order valence-electron chi connectivity index (χ0n) is 71.9. The van der Waals surface area contributed by atoms with Gasteiger partial charge in [-0.15, -0.1) is 0 Å². The van der Waals surface area contributed by atoms with E-state index in [1.165, 1.54) is 26.7 Å². The lowest BCUT2D eigenvalue weighted by atomic mass is 9.90. The second-order valence-electron chi connectivity index (χ2n) is 35.3. The highest BCUT2D eigenvalue weighted by molar-refractivity contribution is 6.89. The van der Waals surface area contributed by atoms with Gasteiger partial charge >= 0.3 is 0 Å². The Morgan fingerprint density at radius 2 is 0.594 bits per heavy atom. The second-order valence-corrected chi connectivity index (χ2v) is 45.4. The van der Waals surface area contributed by atoms with E-state index in [-0.39, 0.29) is 5.82 Å². The second kappa shape index (κ2) is 32.2. The summed E-state index contributed by atoms with van der Waals surface area (Å²) >= 11 is 0. The summed E-state index contributed by atoms with van der Waals surface area (Å²) in [6.07, 6.45) is 0. The van der Waals surface area contributed by atoms with E-state index >= 15 is 4.39 Å². The average molecular weight is 1690 g/mol. The van der Waals surface area contributed by atoms with Crippen molar-refractivity contribution in [2.24, 2.45) is 0 Å². The number of nitrogens with zero attached hydrogens (tertiary/aromatic N) is 4. The normalized spacial score (nSPS) is 12.0. The molecule has 0 unspecified atom stereocenters. The van der Waals surface area contributed by atoms with Crippen LogP contribution in [0.15, 0.2) is 435 Å². The van der Waals surface area contributed by atoms with Crippen LogP contribution in [0.1, 0.15) is 0 Å². The van der Waals surface area contributed by atoms with Crippen molar-refractivity contribution in [3.8, 4) is 78.6 Å². The van der Waals surface area contributed by atoms with Crippen molar-refractivity contribution in [2.45, 2.75) is 39.3 Å². The van der Waals surface area contributed by atoms with E-state index in [0.29, 0.717) is 5.69 Å². The Kier molecular flexibility index (Phi) is 19.7. The van der Waals surface area contributed by atoms with Crippen LogP contribution in [0.5, 0.6) is 23.0 Å². The highest BCUT2D eigenvalue weighted by Gasteiger charge is 2.31. The molecule has 0 bridgehead atoms. The molecule has 10 heteroatoms. The molecule has 20 aromatic carbocycles. The first-order valence-corrected chi connectivity index (χ1v) is 50.8. The molecule has 1 aromatic heterocycles. The van der Waals surface area contributed by atoms with Crippen LogP contribution in [0.25, 0.3) is 121 Å². The minimum absolute atomic E-state index is 0.321. The number of ether oxygens (including phenoxy) is 2. The molecule has 0 saturated carbocycles. The number of halogens is 1. The summed E-state index contributed by atoms with van der Waals surface area (Å²) in [5.74, 6) is 3.00. The lowest BCUT2D eigenvalue weighted by Crippen LogP contribution is -2.37. The molecule has 0 fully saturated rings. The third-order valence-electron chi connectivity index (χ3n) is 25.2. The molecule has 2 aliphatic rings. The number of anilines is 12. The molecule has 0 radical (unpaired) electrons. The quantitative estimate of drug-likeness (QED) is 0.0665. The molecule has 23 rings (SSSR count). The molecule has 0 atom stereocenters. The summed E-state index contributed by atoms with van der Waals surface area (Å²) in [4.78, 5) is 9.05. The minimum atomic E-state index is -1.49. The summed E-state index contributed by atoms with van der Waals surface area (Å²) in [7, 11) is -2.93. The van der Waals surface area contributed by atoms with Crippen LogP contribution in [0.2, 0.25) is 39.3 Å². The van der Waals surface area contributed by atoms with Crippen molar-refractivity contribution < 1.29 is 18.3 Å². The van der Waals surface area contributed by atoms with Crippen LogP contribution < -0.4 is 39.4 Å². The highest BCUT2D eigenvalue weighted by Crippen LogP contribution is 2.56. The summed E-state index contributed by atoms with van der Waals surface area (Å²) in [6, 6.07) is 151. The number of benzene rings is 20. The smallest absolute Gasteiger partial charge is 0.148 e. The molecule has 0 saturated heterocycles.